The highest BCUT2D eigenvalue weighted by Gasteiger charge is 2.16. The zero-order valence-electron chi connectivity index (χ0n) is 11.9. The summed E-state index contributed by atoms with van der Waals surface area (Å²) in [6.07, 6.45) is 1.23. The van der Waals surface area contributed by atoms with Crippen LogP contribution in [-0.4, -0.2) is 24.3 Å². The number of hydrogen-bond acceptors (Lipinski definition) is 5. The van der Waals surface area contributed by atoms with Crippen molar-refractivity contribution in [2.75, 3.05) is 5.32 Å². The van der Waals surface area contributed by atoms with Crippen LogP contribution in [0.5, 0.6) is 0 Å². The summed E-state index contributed by atoms with van der Waals surface area (Å²) in [6, 6.07) is 11.4. The van der Waals surface area contributed by atoms with E-state index in [9.17, 15) is 13.2 Å². The van der Waals surface area contributed by atoms with Crippen molar-refractivity contribution >= 4 is 53.8 Å². The molecule has 0 aliphatic heterocycles. The third-order valence-corrected chi connectivity index (χ3v) is 4.65. The van der Waals surface area contributed by atoms with E-state index in [2.05, 4.69) is 15.3 Å². The quantitative estimate of drug-likeness (QED) is 0.554. The molecule has 0 aliphatic carbocycles. The van der Waals surface area contributed by atoms with Gasteiger partial charge in [-0.25, -0.2) is 18.4 Å². The number of nitrogens with one attached hydrogen (secondary N) is 1. The molecule has 0 atom stereocenters. The average molecular weight is 382 g/mol. The number of carbonyl (C=O) groups is 1. The van der Waals surface area contributed by atoms with Crippen LogP contribution in [0.4, 0.5) is 5.69 Å². The van der Waals surface area contributed by atoms with Crippen LogP contribution in [0.1, 0.15) is 10.4 Å². The molecule has 0 fully saturated rings. The van der Waals surface area contributed by atoms with Gasteiger partial charge in [0.2, 0.25) is 0 Å². The lowest BCUT2D eigenvalue weighted by Gasteiger charge is -2.08. The number of nitrogens with zero attached hydrogens (tertiary/aromatic N) is 2. The Morgan fingerprint density at radius 3 is 2.62 bits per heavy atom. The summed E-state index contributed by atoms with van der Waals surface area (Å²) in [5, 5.41) is 3.00. The zero-order valence-corrected chi connectivity index (χ0v) is 14.2. The van der Waals surface area contributed by atoms with Gasteiger partial charge in [0.05, 0.1) is 11.1 Å². The second-order valence-corrected chi connectivity index (χ2v) is 7.66. The van der Waals surface area contributed by atoms with E-state index < -0.39 is 15.0 Å². The molecule has 3 rings (SSSR count). The third kappa shape index (κ3) is 3.48. The fraction of sp³-hybridized carbons (Fsp3) is 0. The number of carbonyl (C=O) groups excluding carboxylic acids is 1. The van der Waals surface area contributed by atoms with Crippen molar-refractivity contribution in [3.8, 4) is 0 Å². The minimum absolute atomic E-state index is 0.0467. The van der Waals surface area contributed by atoms with Gasteiger partial charge in [-0.2, -0.15) is 0 Å². The summed E-state index contributed by atoms with van der Waals surface area (Å²) in [6.45, 7) is 0. The van der Waals surface area contributed by atoms with Crippen molar-refractivity contribution in [3.63, 3.8) is 0 Å². The number of halogens is 2. The summed E-state index contributed by atoms with van der Waals surface area (Å²) in [7, 11) is 1.25. The van der Waals surface area contributed by atoms with Crippen molar-refractivity contribution in [2.45, 2.75) is 5.03 Å². The molecule has 0 aliphatic rings. The number of benzene rings is 1. The topological polar surface area (TPSA) is 89.0 Å². The minimum Gasteiger partial charge on any atom is -0.322 e. The van der Waals surface area contributed by atoms with Crippen LogP contribution in [0.15, 0.2) is 53.7 Å². The lowest BCUT2D eigenvalue weighted by atomic mass is 10.1. The molecule has 6 nitrogen and oxygen atoms in total. The molecule has 1 amide bonds. The molecule has 0 radical (unpaired) electrons. The standard InChI is InChI=1S/C15H9Cl2N3O3S/c16-14-11(7-9-3-1-2-4-12(9)20-14)15(21)19-10-5-6-18-13(8-10)24(17,22)23/h1-8H,(H,18,19,21). The number of anilines is 1. The zero-order chi connectivity index (χ0) is 17.3. The molecular weight excluding hydrogens is 373 g/mol. The molecule has 0 saturated carbocycles. The maximum atomic E-state index is 12.4. The van der Waals surface area contributed by atoms with E-state index in [4.69, 9.17) is 22.3 Å². The number of fused-ring (bicyclic) bond motifs is 1. The lowest BCUT2D eigenvalue weighted by molar-refractivity contribution is 0.102. The van der Waals surface area contributed by atoms with Gasteiger partial charge in [-0.3, -0.25) is 4.79 Å². The van der Waals surface area contributed by atoms with Crippen LogP contribution < -0.4 is 5.32 Å². The largest absolute Gasteiger partial charge is 0.322 e. The molecule has 1 N–H and O–H groups in total. The predicted molar refractivity (Wildman–Crippen MR) is 92.0 cm³/mol. The van der Waals surface area contributed by atoms with E-state index >= 15 is 0 Å². The smallest absolute Gasteiger partial charge is 0.278 e. The summed E-state index contributed by atoms with van der Waals surface area (Å²) < 4.78 is 22.6. The molecular formula is C15H9Cl2N3O3S. The van der Waals surface area contributed by atoms with Crippen molar-refractivity contribution in [2.24, 2.45) is 0 Å². The Bertz CT molecular complexity index is 1050. The SMILES string of the molecule is O=C(Nc1ccnc(S(=O)(=O)Cl)c1)c1cc2ccccc2nc1Cl. The van der Waals surface area contributed by atoms with Gasteiger partial charge in [0.15, 0.2) is 5.03 Å². The maximum absolute atomic E-state index is 12.4. The average Bonchev–Trinajstić information content (AvgIpc) is 2.53. The molecule has 2 heterocycles. The first-order chi connectivity index (χ1) is 11.3. The van der Waals surface area contributed by atoms with Gasteiger partial charge in [0.1, 0.15) is 5.15 Å². The van der Waals surface area contributed by atoms with E-state index in [1.54, 1.807) is 18.2 Å². The predicted octanol–water partition coefficient (Wildman–Crippen LogP) is 3.46. The first-order valence-electron chi connectivity index (χ1n) is 6.62. The second kappa shape index (κ2) is 6.35. The normalized spacial score (nSPS) is 11.4. The number of pyridine rings is 2. The van der Waals surface area contributed by atoms with E-state index in [1.807, 2.05) is 12.1 Å². The van der Waals surface area contributed by atoms with E-state index in [0.29, 0.717) is 5.52 Å². The van der Waals surface area contributed by atoms with Gasteiger partial charge in [0, 0.05) is 34.0 Å². The van der Waals surface area contributed by atoms with Gasteiger partial charge in [-0.15, -0.1) is 0 Å². The molecule has 1 aromatic carbocycles. The van der Waals surface area contributed by atoms with Crippen LogP contribution in [0.2, 0.25) is 5.15 Å². The Balaban J connectivity index is 1.94. The Kier molecular flexibility index (Phi) is 4.40. The fourth-order valence-electron chi connectivity index (χ4n) is 2.07. The highest BCUT2D eigenvalue weighted by atomic mass is 35.7. The van der Waals surface area contributed by atoms with Crippen molar-refractivity contribution < 1.29 is 13.2 Å². The summed E-state index contributed by atoms with van der Waals surface area (Å²) in [5.41, 5.74) is 1.05. The summed E-state index contributed by atoms with van der Waals surface area (Å²) in [4.78, 5) is 20.2. The Hall–Kier alpha value is -2.22. The molecule has 0 unspecified atom stereocenters. The van der Waals surface area contributed by atoms with Crippen molar-refractivity contribution in [1.29, 1.82) is 0 Å². The second-order valence-electron chi connectivity index (χ2n) is 4.79. The van der Waals surface area contributed by atoms with Crippen molar-refractivity contribution in [3.05, 3.63) is 59.4 Å². The van der Waals surface area contributed by atoms with Gasteiger partial charge >= 0.3 is 0 Å². The molecule has 9 heteroatoms. The van der Waals surface area contributed by atoms with Crippen LogP contribution >= 0.6 is 22.3 Å². The van der Waals surface area contributed by atoms with Gasteiger partial charge < -0.3 is 5.32 Å². The molecule has 0 bridgehead atoms. The van der Waals surface area contributed by atoms with Gasteiger partial charge in [-0.1, -0.05) is 29.8 Å². The molecule has 24 heavy (non-hydrogen) atoms. The number of aromatic nitrogens is 2. The first-order valence-corrected chi connectivity index (χ1v) is 9.31. The van der Waals surface area contributed by atoms with E-state index in [1.165, 1.54) is 12.3 Å². The first kappa shape index (κ1) is 16.6. The Morgan fingerprint density at radius 1 is 1.12 bits per heavy atom. The number of amides is 1. The fourth-order valence-corrected chi connectivity index (χ4v) is 3.01. The summed E-state index contributed by atoms with van der Waals surface area (Å²) >= 11 is 6.07. The van der Waals surface area contributed by atoms with E-state index in [-0.39, 0.29) is 21.4 Å². The lowest BCUT2D eigenvalue weighted by Crippen LogP contribution is -2.13. The van der Waals surface area contributed by atoms with Crippen molar-refractivity contribution in [1.82, 2.24) is 9.97 Å². The van der Waals surface area contributed by atoms with E-state index in [0.717, 1.165) is 11.5 Å². The minimum atomic E-state index is -3.99. The molecule has 0 spiro atoms. The molecule has 2 aromatic heterocycles. The summed E-state index contributed by atoms with van der Waals surface area (Å²) in [5.74, 6) is -0.526. The van der Waals surface area contributed by atoms with Crippen LogP contribution in [0.25, 0.3) is 10.9 Å². The number of rotatable bonds is 3. The highest BCUT2D eigenvalue weighted by molar-refractivity contribution is 8.13. The van der Waals surface area contributed by atoms with Gasteiger partial charge in [-0.05, 0) is 18.2 Å². The molecule has 122 valence electrons. The monoisotopic (exact) mass is 381 g/mol. The maximum Gasteiger partial charge on any atom is 0.278 e. The Morgan fingerprint density at radius 2 is 1.88 bits per heavy atom. The highest BCUT2D eigenvalue weighted by Crippen LogP contribution is 2.22. The molecule has 3 aromatic rings. The van der Waals surface area contributed by atoms with Crippen LogP contribution in [0.3, 0.4) is 0 Å². The Labute approximate surface area is 146 Å². The van der Waals surface area contributed by atoms with Gasteiger partial charge in [0.25, 0.3) is 15.0 Å². The van der Waals surface area contributed by atoms with Crippen LogP contribution in [0, 0.1) is 0 Å². The van der Waals surface area contributed by atoms with Crippen LogP contribution in [-0.2, 0) is 9.05 Å². The number of para-hydroxylation sites is 1. The number of hydrogen-bond donors (Lipinski definition) is 1. The third-order valence-electron chi connectivity index (χ3n) is 3.16. The molecule has 0 saturated heterocycles.